The van der Waals surface area contributed by atoms with Crippen LogP contribution >= 0.6 is 0 Å². The summed E-state index contributed by atoms with van der Waals surface area (Å²) in [6.07, 6.45) is 0. The number of amides is 2. The molecule has 0 spiro atoms. The Morgan fingerprint density at radius 3 is 2.55 bits per heavy atom. The Morgan fingerprint density at radius 2 is 1.86 bits per heavy atom. The number of carbonyl (C=O) groups excluding carboxylic acids is 1. The van der Waals surface area contributed by atoms with Crippen LogP contribution < -0.4 is 15.0 Å². The zero-order chi connectivity index (χ0) is 20.2. The van der Waals surface area contributed by atoms with E-state index in [9.17, 15) is 10.1 Å². The number of anilines is 2. The van der Waals surface area contributed by atoms with Crippen molar-refractivity contribution in [1.29, 1.82) is 5.26 Å². The molecule has 0 unspecified atom stereocenters. The van der Waals surface area contributed by atoms with Crippen LogP contribution in [0.3, 0.4) is 0 Å². The summed E-state index contributed by atoms with van der Waals surface area (Å²) < 4.78 is 5.25. The van der Waals surface area contributed by atoms with Gasteiger partial charge in [-0.25, -0.2) is 9.78 Å². The third-order valence-electron chi connectivity index (χ3n) is 5.01. The highest BCUT2D eigenvalue weighted by molar-refractivity contribution is 5.89. The van der Waals surface area contributed by atoms with Crippen molar-refractivity contribution >= 4 is 28.4 Å². The molecule has 146 valence electrons. The Hall–Kier alpha value is -3.79. The normalized spacial score (nSPS) is 13.8. The first-order valence-corrected chi connectivity index (χ1v) is 9.43. The fraction of sp³-hybridized carbons (Fsp3) is 0.227. The zero-order valence-electron chi connectivity index (χ0n) is 16.1. The topological polar surface area (TPSA) is 81.5 Å². The van der Waals surface area contributed by atoms with Crippen molar-refractivity contribution in [3.8, 4) is 11.8 Å². The molecule has 0 radical (unpaired) electrons. The molecule has 4 rings (SSSR count). The van der Waals surface area contributed by atoms with Gasteiger partial charge in [-0.3, -0.25) is 0 Å². The van der Waals surface area contributed by atoms with E-state index < -0.39 is 0 Å². The highest BCUT2D eigenvalue weighted by Gasteiger charge is 2.24. The quantitative estimate of drug-likeness (QED) is 0.744. The lowest BCUT2D eigenvalue weighted by atomic mass is 10.1. The van der Waals surface area contributed by atoms with Crippen molar-refractivity contribution in [2.75, 3.05) is 43.5 Å². The predicted molar refractivity (Wildman–Crippen MR) is 112 cm³/mol. The van der Waals surface area contributed by atoms with E-state index in [2.05, 4.69) is 16.3 Å². The monoisotopic (exact) mass is 387 g/mol. The predicted octanol–water partition coefficient (Wildman–Crippen LogP) is 3.47. The molecule has 3 aromatic rings. The molecule has 1 aliphatic heterocycles. The summed E-state index contributed by atoms with van der Waals surface area (Å²) >= 11 is 0. The number of rotatable bonds is 3. The Labute approximate surface area is 169 Å². The SMILES string of the molecule is COc1ccc2nc(N3CCN(C(=O)Nc4ccccc4)CC3)c(C#N)cc2c1. The lowest BCUT2D eigenvalue weighted by Crippen LogP contribution is -2.50. The van der Waals surface area contributed by atoms with Crippen molar-refractivity contribution in [2.24, 2.45) is 0 Å². The number of nitrogens with one attached hydrogen (secondary N) is 1. The van der Waals surface area contributed by atoms with Crippen molar-refractivity contribution in [3.63, 3.8) is 0 Å². The van der Waals surface area contributed by atoms with Gasteiger partial charge in [0.15, 0.2) is 0 Å². The summed E-state index contributed by atoms with van der Waals surface area (Å²) in [5.41, 5.74) is 2.11. The number of ether oxygens (including phenoxy) is 1. The molecule has 7 heteroatoms. The number of benzene rings is 2. The number of aromatic nitrogens is 1. The number of para-hydroxylation sites is 1. The van der Waals surface area contributed by atoms with Gasteiger partial charge < -0.3 is 19.9 Å². The van der Waals surface area contributed by atoms with Crippen LogP contribution in [0.15, 0.2) is 54.6 Å². The lowest BCUT2D eigenvalue weighted by molar-refractivity contribution is 0.208. The zero-order valence-corrected chi connectivity index (χ0v) is 16.1. The number of urea groups is 1. The molecule has 1 aliphatic rings. The Kier molecular flexibility index (Phi) is 5.16. The Balaban J connectivity index is 1.48. The van der Waals surface area contributed by atoms with Crippen LogP contribution in [0.4, 0.5) is 16.3 Å². The number of hydrogen-bond acceptors (Lipinski definition) is 5. The minimum absolute atomic E-state index is 0.116. The van der Waals surface area contributed by atoms with E-state index >= 15 is 0 Å². The maximum atomic E-state index is 12.5. The molecule has 29 heavy (non-hydrogen) atoms. The largest absolute Gasteiger partial charge is 0.497 e. The molecule has 2 aromatic carbocycles. The van der Waals surface area contributed by atoms with Gasteiger partial charge in [-0.15, -0.1) is 0 Å². The van der Waals surface area contributed by atoms with Gasteiger partial charge in [0.2, 0.25) is 0 Å². The molecule has 1 fully saturated rings. The summed E-state index contributed by atoms with van der Waals surface area (Å²) in [6.45, 7) is 2.36. The number of pyridine rings is 1. The van der Waals surface area contributed by atoms with Gasteiger partial charge in [0.25, 0.3) is 0 Å². The smallest absolute Gasteiger partial charge is 0.321 e. The van der Waals surface area contributed by atoms with Crippen LogP contribution in [0.5, 0.6) is 5.75 Å². The minimum atomic E-state index is -0.116. The van der Waals surface area contributed by atoms with E-state index in [-0.39, 0.29) is 6.03 Å². The van der Waals surface area contributed by atoms with Crippen molar-refractivity contribution in [3.05, 3.63) is 60.2 Å². The lowest BCUT2D eigenvalue weighted by Gasteiger charge is -2.35. The molecule has 1 saturated heterocycles. The fourth-order valence-corrected chi connectivity index (χ4v) is 3.44. The number of fused-ring (bicyclic) bond motifs is 1. The van der Waals surface area contributed by atoms with Crippen LogP contribution in [-0.2, 0) is 0 Å². The number of piperazine rings is 1. The molecule has 0 bridgehead atoms. The van der Waals surface area contributed by atoms with Crippen LogP contribution in [-0.4, -0.2) is 49.2 Å². The van der Waals surface area contributed by atoms with Gasteiger partial charge in [0.1, 0.15) is 17.6 Å². The summed E-state index contributed by atoms with van der Waals surface area (Å²) in [5, 5.41) is 13.4. The summed E-state index contributed by atoms with van der Waals surface area (Å²) in [7, 11) is 1.61. The maximum absolute atomic E-state index is 12.5. The van der Waals surface area contributed by atoms with Crippen molar-refractivity contribution < 1.29 is 9.53 Å². The van der Waals surface area contributed by atoms with Gasteiger partial charge in [-0.1, -0.05) is 18.2 Å². The first kappa shape index (κ1) is 18.6. The molecule has 2 amide bonds. The molecule has 2 heterocycles. The minimum Gasteiger partial charge on any atom is -0.497 e. The summed E-state index contributed by atoms with van der Waals surface area (Å²) in [4.78, 5) is 21.0. The second-order valence-electron chi connectivity index (χ2n) is 6.80. The standard InChI is InChI=1S/C22H21N5O2/c1-29-19-7-8-20-16(14-19)13-17(15-23)21(25-20)26-9-11-27(12-10-26)22(28)24-18-5-3-2-4-6-18/h2-8,13-14H,9-12H2,1H3,(H,24,28). The molecular weight excluding hydrogens is 366 g/mol. The van der Waals surface area contributed by atoms with Crippen LogP contribution in [0, 0.1) is 11.3 Å². The molecule has 1 aromatic heterocycles. The first-order valence-electron chi connectivity index (χ1n) is 9.43. The number of methoxy groups -OCH3 is 1. The van der Waals surface area contributed by atoms with E-state index in [0.717, 1.165) is 22.3 Å². The Bertz CT molecular complexity index is 1070. The molecule has 0 aliphatic carbocycles. The summed E-state index contributed by atoms with van der Waals surface area (Å²) in [5.74, 6) is 1.39. The molecular formula is C22H21N5O2. The third-order valence-corrected chi connectivity index (χ3v) is 5.01. The van der Waals surface area contributed by atoms with Gasteiger partial charge in [0.05, 0.1) is 18.2 Å². The molecule has 0 atom stereocenters. The van der Waals surface area contributed by atoms with Gasteiger partial charge in [-0.2, -0.15) is 5.26 Å². The molecule has 1 N–H and O–H groups in total. The van der Waals surface area contributed by atoms with E-state index in [1.165, 1.54) is 0 Å². The van der Waals surface area contributed by atoms with E-state index in [0.29, 0.717) is 37.6 Å². The van der Waals surface area contributed by atoms with Crippen molar-refractivity contribution in [1.82, 2.24) is 9.88 Å². The first-order chi connectivity index (χ1) is 14.2. The van der Waals surface area contributed by atoms with E-state index in [4.69, 9.17) is 9.72 Å². The second kappa shape index (κ2) is 8.07. The molecule has 0 saturated carbocycles. The van der Waals surface area contributed by atoms with Crippen LogP contribution in [0.2, 0.25) is 0 Å². The highest BCUT2D eigenvalue weighted by Crippen LogP contribution is 2.27. The average molecular weight is 387 g/mol. The van der Waals surface area contributed by atoms with Gasteiger partial charge >= 0.3 is 6.03 Å². The number of nitriles is 1. The van der Waals surface area contributed by atoms with Crippen LogP contribution in [0.1, 0.15) is 5.56 Å². The average Bonchev–Trinajstić information content (AvgIpc) is 2.78. The maximum Gasteiger partial charge on any atom is 0.321 e. The third kappa shape index (κ3) is 3.92. The van der Waals surface area contributed by atoms with E-state index in [1.54, 1.807) is 12.0 Å². The number of carbonyl (C=O) groups is 1. The van der Waals surface area contributed by atoms with Crippen molar-refractivity contribution in [2.45, 2.75) is 0 Å². The summed E-state index contributed by atoms with van der Waals surface area (Å²) in [6, 6.07) is 19.0. The van der Waals surface area contributed by atoms with Crippen LogP contribution in [0.25, 0.3) is 10.9 Å². The van der Waals surface area contributed by atoms with Gasteiger partial charge in [0, 0.05) is 37.3 Å². The second-order valence-corrected chi connectivity index (χ2v) is 6.80. The van der Waals surface area contributed by atoms with E-state index in [1.807, 2.05) is 54.6 Å². The Morgan fingerprint density at radius 1 is 1.10 bits per heavy atom. The van der Waals surface area contributed by atoms with Gasteiger partial charge in [-0.05, 0) is 36.4 Å². The number of hydrogen-bond donors (Lipinski definition) is 1. The molecule has 7 nitrogen and oxygen atoms in total. The fourth-order valence-electron chi connectivity index (χ4n) is 3.44. The number of nitrogens with zero attached hydrogens (tertiary/aromatic N) is 4. The highest BCUT2D eigenvalue weighted by atomic mass is 16.5.